The van der Waals surface area contributed by atoms with Crippen LogP contribution in [0.4, 0.5) is 0 Å². The summed E-state index contributed by atoms with van der Waals surface area (Å²) < 4.78 is 4.59. The van der Waals surface area contributed by atoms with Gasteiger partial charge in [0.2, 0.25) is 0 Å². The van der Waals surface area contributed by atoms with Gasteiger partial charge in [-0.05, 0) is 31.2 Å². The highest BCUT2D eigenvalue weighted by atomic mass is 16.5. The third-order valence-electron chi connectivity index (χ3n) is 2.62. The Morgan fingerprint density at radius 3 is 1.84 bits per heavy atom. The molecule has 96 valence electrons. The van der Waals surface area contributed by atoms with Gasteiger partial charge in [-0.25, -0.2) is 4.79 Å². The van der Waals surface area contributed by atoms with Crippen LogP contribution in [0.3, 0.4) is 0 Å². The summed E-state index contributed by atoms with van der Waals surface area (Å²) in [5, 5.41) is 0. The van der Waals surface area contributed by atoms with E-state index in [0.717, 1.165) is 0 Å². The van der Waals surface area contributed by atoms with Crippen LogP contribution in [-0.4, -0.2) is 28.8 Å². The Kier molecular flexibility index (Phi) is 3.66. The minimum Gasteiger partial charge on any atom is -0.465 e. The maximum absolute atomic E-state index is 11.3. The standard InChI is InChI=1S/C14H12N2O3/c1-9(17)10-3-5-12(15-7-10)13-6-4-11(8-16-13)14(18)19-2/h3-8H,1-2H3. The molecule has 0 atom stereocenters. The molecule has 0 saturated carbocycles. The second kappa shape index (κ2) is 5.39. The summed E-state index contributed by atoms with van der Waals surface area (Å²) >= 11 is 0. The number of hydrogen-bond acceptors (Lipinski definition) is 5. The molecular formula is C14H12N2O3. The van der Waals surface area contributed by atoms with Gasteiger partial charge in [-0.2, -0.15) is 0 Å². The van der Waals surface area contributed by atoms with Crippen molar-refractivity contribution in [1.29, 1.82) is 0 Å². The Hall–Kier alpha value is -2.56. The van der Waals surface area contributed by atoms with Crippen molar-refractivity contribution in [2.24, 2.45) is 0 Å². The van der Waals surface area contributed by atoms with Gasteiger partial charge in [0.05, 0.1) is 24.1 Å². The van der Waals surface area contributed by atoms with Gasteiger partial charge < -0.3 is 4.74 Å². The number of rotatable bonds is 3. The van der Waals surface area contributed by atoms with Crippen LogP contribution >= 0.6 is 0 Å². The SMILES string of the molecule is COC(=O)c1ccc(-c2ccc(C(C)=O)cn2)nc1. The quantitative estimate of drug-likeness (QED) is 0.621. The highest BCUT2D eigenvalue weighted by molar-refractivity contribution is 5.94. The molecule has 0 saturated heterocycles. The van der Waals surface area contributed by atoms with Gasteiger partial charge in [0, 0.05) is 18.0 Å². The van der Waals surface area contributed by atoms with Crippen LogP contribution < -0.4 is 0 Å². The van der Waals surface area contributed by atoms with E-state index in [0.29, 0.717) is 22.5 Å². The van der Waals surface area contributed by atoms with Gasteiger partial charge in [-0.15, -0.1) is 0 Å². The molecule has 19 heavy (non-hydrogen) atoms. The largest absolute Gasteiger partial charge is 0.465 e. The zero-order valence-electron chi connectivity index (χ0n) is 10.6. The van der Waals surface area contributed by atoms with E-state index in [1.165, 1.54) is 26.4 Å². The molecule has 0 unspecified atom stereocenters. The average Bonchev–Trinajstić information content (AvgIpc) is 2.46. The van der Waals surface area contributed by atoms with E-state index in [4.69, 9.17) is 0 Å². The van der Waals surface area contributed by atoms with Crippen LogP contribution in [0.15, 0.2) is 36.7 Å². The van der Waals surface area contributed by atoms with E-state index in [1.54, 1.807) is 24.3 Å². The fourth-order valence-electron chi connectivity index (χ4n) is 1.54. The Morgan fingerprint density at radius 1 is 0.947 bits per heavy atom. The number of carbonyl (C=O) groups excluding carboxylic acids is 2. The number of aromatic nitrogens is 2. The van der Waals surface area contributed by atoms with E-state index in [9.17, 15) is 9.59 Å². The van der Waals surface area contributed by atoms with E-state index in [1.807, 2.05) is 0 Å². The Labute approximate surface area is 110 Å². The molecule has 2 heterocycles. The Morgan fingerprint density at radius 2 is 1.47 bits per heavy atom. The molecule has 0 radical (unpaired) electrons. The summed E-state index contributed by atoms with van der Waals surface area (Å²) in [6.07, 6.45) is 2.94. The summed E-state index contributed by atoms with van der Waals surface area (Å²) in [6, 6.07) is 6.72. The molecule has 5 heteroatoms. The van der Waals surface area contributed by atoms with E-state index >= 15 is 0 Å². The predicted octanol–water partition coefficient (Wildman–Crippen LogP) is 2.13. The molecule has 2 rings (SSSR count). The lowest BCUT2D eigenvalue weighted by atomic mass is 10.1. The van der Waals surface area contributed by atoms with E-state index in [-0.39, 0.29) is 5.78 Å². The van der Waals surface area contributed by atoms with Crippen molar-refractivity contribution in [3.05, 3.63) is 47.8 Å². The zero-order valence-corrected chi connectivity index (χ0v) is 10.6. The number of ether oxygens (including phenoxy) is 1. The first-order chi connectivity index (χ1) is 9.11. The lowest BCUT2D eigenvalue weighted by Crippen LogP contribution is -2.02. The molecule has 0 N–H and O–H groups in total. The molecule has 2 aromatic heterocycles. The van der Waals surface area contributed by atoms with Crippen LogP contribution in [0.1, 0.15) is 27.6 Å². The highest BCUT2D eigenvalue weighted by Gasteiger charge is 2.07. The lowest BCUT2D eigenvalue weighted by molar-refractivity contribution is 0.0600. The van der Waals surface area contributed by atoms with Crippen LogP contribution in [0, 0.1) is 0 Å². The minimum absolute atomic E-state index is 0.0342. The molecule has 2 aromatic rings. The monoisotopic (exact) mass is 256 g/mol. The second-order valence-electron chi connectivity index (χ2n) is 3.91. The van der Waals surface area contributed by atoms with Crippen LogP contribution in [0.5, 0.6) is 0 Å². The molecule has 0 aliphatic rings. The normalized spacial score (nSPS) is 10.0. The smallest absolute Gasteiger partial charge is 0.339 e. The third kappa shape index (κ3) is 2.82. The molecule has 0 bridgehead atoms. The van der Waals surface area contributed by atoms with Crippen molar-refractivity contribution in [2.75, 3.05) is 7.11 Å². The predicted molar refractivity (Wildman–Crippen MR) is 68.8 cm³/mol. The van der Waals surface area contributed by atoms with Crippen molar-refractivity contribution >= 4 is 11.8 Å². The number of hydrogen-bond donors (Lipinski definition) is 0. The molecule has 0 aliphatic carbocycles. The number of ketones is 1. The molecule has 0 aliphatic heterocycles. The Balaban J connectivity index is 2.27. The van der Waals surface area contributed by atoms with Crippen LogP contribution in [0.2, 0.25) is 0 Å². The highest BCUT2D eigenvalue weighted by Crippen LogP contribution is 2.15. The van der Waals surface area contributed by atoms with Crippen molar-refractivity contribution < 1.29 is 14.3 Å². The van der Waals surface area contributed by atoms with Gasteiger partial charge in [0.1, 0.15) is 0 Å². The fourth-order valence-corrected chi connectivity index (χ4v) is 1.54. The molecule has 0 spiro atoms. The topological polar surface area (TPSA) is 69.2 Å². The lowest BCUT2D eigenvalue weighted by Gasteiger charge is -2.02. The number of Topliss-reactive ketones (excluding diaryl/α,β-unsaturated/α-hetero) is 1. The van der Waals surface area contributed by atoms with Crippen molar-refractivity contribution in [3.8, 4) is 11.4 Å². The number of esters is 1. The number of nitrogens with zero attached hydrogens (tertiary/aromatic N) is 2. The number of pyridine rings is 2. The molecule has 0 aromatic carbocycles. The van der Waals surface area contributed by atoms with E-state index < -0.39 is 5.97 Å². The van der Waals surface area contributed by atoms with Gasteiger partial charge in [0.25, 0.3) is 0 Å². The van der Waals surface area contributed by atoms with Gasteiger partial charge in [-0.1, -0.05) is 0 Å². The Bertz CT molecular complexity index is 604. The summed E-state index contributed by atoms with van der Waals surface area (Å²) in [6.45, 7) is 1.49. The van der Waals surface area contributed by atoms with Crippen molar-refractivity contribution in [1.82, 2.24) is 9.97 Å². The second-order valence-corrected chi connectivity index (χ2v) is 3.91. The summed E-state index contributed by atoms with van der Waals surface area (Å²) in [4.78, 5) is 30.7. The number of methoxy groups -OCH3 is 1. The summed E-state index contributed by atoms with van der Waals surface area (Å²) in [7, 11) is 1.32. The first-order valence-corrected chi connectivity index (χ1v) is 5.63. The van der Waals surface area contributed by atoms with Gasteiger partial charge in [-0.3, -0.25) is 14.8 Å². The number of carbonyl (C=O) groups is 2. The molecule has 5 nitrogen and oxygen atoms in total. The fraction of sp³-hybridized carbons (Fsp3) is 0.143. The average molecular weight is 256 g/mol. The van der Waals surface area contributed by atoms with Gasteiger partial charge in [0.15, 0.2) is 5.78 Å². The third-order valence-corrected chi connectivity index (χ3v) is 2.62. The first kappa shape index (κ1) is 12.9. The maximum atomic E-state index is 11.3. The minimum atomic E-state index is -0.432. The van der Waals surface area contributed by atoms with Crippen LogP contribution in [0.25, 0.3) is 11.4 Å². The summed E-state index contributed by atoms with van der Waals surface area (Å²) in [5.41, 5.74) is 2.20. The maximum Gasteiger partial charge on any atom is 0.339 e. The molecule has 0 amide bonds. The zero-order chi connectivity index (χ0) is 13.8. The first-order valence-electron chi connectivity index (χ1n) is 5.63. The molecule has 0 fully saturated rings. The molecular weight excluding hydrogens is 244 g/mol. The van der Waals surface area contributed by atoms with E-state index in [2.05, 4.69) is 14.7 Å². The van der Waals surface area contributed by atoms with Gasteiger partial charge >= 0.3 is 5.97 Å². The van der Waals surface area contributed by atoms with Crippen molar-refractivity contribution in [3.63, 3.8) is 0 Å². The van der Waals surface area contributed by atoms with Crippen molar-refractivity contribution in [2.45, 2.75) is 6.92 Å². The summed E-state index contributed by atoms with van der Waals surface area (Å²) in [5.74, 6) is -0.466. The van der Waals surface area contributed by atoms with Crippen LogP contribution in [-0.2, 0) is 4.74 Å².